The first kappa shape index (κ1) is 26.3. The number of ether oxygens (including phenoxy) is 1. The number of nitrogens with two attached hydrogens (primary N) is 1. The van der Waals surface area contributed by atoms with E-state index in [0.717, 1.165) is 17.7 Å². The predicted octanol–water partition coefficient (Wildman–Crippen LogP) is 5.80. The number of urea groups is 1. The second-order valence-electron chi connectivity index (χ2n) is 8.15. The first-order valence-electron chi connectivity index (χ1n) is 11.4. The maximum Gasteiger partial charge on any atom is 0.416 e. The number of para-hydroxylation sites is 2. The minimum atomic E-state index is -4.53. The highest BCUT2D eigenvalue weighted by atomic mass is 19.4. The van der Waals surface area contributed by atoms with Crippen molar-refractivity contribution in [2.45, 2.75) is 18.6 Å². The molecule has 0 fully saturated rings. The average molecular weight is 521 g/mol. The molecule has 0 saturated carbocycles. The summed E-state index contributed by atoms with van der Waals surface area (Å²) in [5.41, 5.74) is 6.92. The molecule has 1 aromatic heterocycles. The quantitative estimate of drug-likeness (QED) is 0.209. The van der Waals surface area contributed by atoms with Crippen molar-refractivity contribution in [1.82, 2.24) is 10.2 Å². The largest absolute Gasteiger partial charge is 0.424 e. The SMILES string of the molecule is NC(CC(=O)Oc1ccccc1NC(=O)Nc1ccc(-c2ccccc2)nn1)c1cccc(C(F)(F)F)c1. The molecule has 4 aromatic rings. The van der Waals surface area contributed by atoms with Crippen LogP contribution in [-0.2, 0) is 11.0 Å². The summed E-state index contributed by atoms with van der Waals surface area (Å²) in [6, 6.07) is 21.7. The zero-order chi connectivity index (χ0) is 27.1. The van der Waals surface area contributed by atoms with Crippen molar-refractivity contribution in [2.75, 3.05) is 10.6 Å². The highest BCUT2D eigenvalue weighted by Gasteiger charge is 2.31. The summed E-state index contributed by atoms with van der Waals surface area (Å²) in [6.45, 7) is 0. The summed E-state index contributed by atoms with van der Waals surface area (Å²) in [5, 5.41) is 13.2. The first-order valence-corrected chi connectivity index (χ1v) is 11.4. The van der Waals surface area contributed by atoms with Gasteiger partial charge in [0, 0.05) is 11.6 Å². The second-order valence-corrected chi connectivity index (χ2v) is 8.15. The Morgan fingerprint density at radius 2 is 1.61 bits per heavy atom. The molecular formula is C27H22F3N5O3. The van der Waals surface area contributed by atoms with Crippen molar-refractivity contribution in [3.05, 3.63) is 102 Å². The van der Waals surface area contributed by atoms with Gasteiger partial charge in [-0.1, -0.05) is 54.6 Å². The van der Waals surface area contributed by atoms with Gasteiger partial charge in [0.05, 0.1) is 23.4 Å². The number of hydrogen-bond donors (Lipinski definition) is 3. The van der Waals surface area contributed by atoms with Gasteiger partial charge in [-0.25, -0.2) is 4.79 Å². The van der Waals surface area contributed by atoms with E-state index in [1.165, 1.54) is 24.3 Å². The van der Waals surface area contributed by atoms with Crippen molar-refractivity contribution in [3.63, 3.8) is 0 Å². The Hall–Kier alpha value is -4.77. The lowest BCUT2D eigenvalue weighted by Gasteiger charge is -2.15. The van der Waals surface area contributed by atoms with Gasteiger partial charge in [-0.05, 0) is 42.0 Å². The minimum absolute atomic E-state index is 0.0365. The lowest BCUT2D eigenvalue weighted by atomic mass is 10.0. The molecule has 3 aromatic carbocycles. The number of carbonyl (C=O) groups excluding carboxylic acids is 2. The van der Waals surface area contributed by atoms with Crippen LogP contribution in [0.1, 0.15) is 23.6 Å². The summed E-state index contributed by atoms with van der Waals surface area (Å²) in [5.74, 6) is -0.551. The molecule has 2 amide bonds. The van der Waals surface area contributed by atoms with Crippen LogP contribution in [0.5, 0.6) is 5.75 Å². The van der Waals surface area contributed by atoms with E-state index in [1.54, 1.807) is 24.3 Å². The van der Waals surface area contributed by atoms with Crippen LogP contribution in [0.4, 0.5) is 29.5 Å². The molecule has 4 N–H and O–H groups in total. The number of aromatic nitrogens is 2. The molecule has 4 rings (SSSR count). The molecule has 1 unspecified atom stereocenters. The van der Waals surface area contributed by atoms with Gasteiger partial charge in [-0.15, -0.1) is 10.2 Å². The van der Waals surface area contributed by atoms with Crippen LogP contribution in [0.25, 0.3) is 11.3 Å². The second kappa shape index (κ2) is 11.5. The maximum atomic E-state index is 13.0. The Bertz CT molecular complexity index is 1410. The molecule has 194 valence electrons. The van der Waals surface area contributed by atoms with Crippen LogP contribution in [0.2, 0.25) is 0 Å². The molecule has 0 bridgehead atoms. The van der Waals surface area contributed by atoms with E-state index in [-0.39, 0.29) is 29.2 Å². The fraction of sp³-hybridized carbons (Fsp3) is 0.111. The van der Waals surface area contributed by atoms with E-state index in [4.69, 9.17) is 10.5 Å². The number of alkyl halides is 3. The van der Waals surface area contributed by atoms with Crippen molar-refractivity contribution in [3.8, 4) is 17.0 Å². The lowest BCUT2D eigenvalue weighted by molar-refractivity contribution is -0.137. The standard InChI is InChI=1S/C27H22F3N5O3/c28-27(29,30)19-10-6-9-18(15-19)20(31)16-25(36)38-23-12-5-4-11-22(23)32-26(37)33-24-14-13-21(34-35-24)17-7-2-1-3-8-17/h1-15,20H,16,31H2,(H2,32,33,35,37). The molecular weight excluding hydrogens is 499 g/mol. The molecule has 8 nitrogen and oxygen atoms in total. The highest BCUT2D eigenvalue weighted by molar-refractivity contribution is 6.00. The van der Waals surface area contributed by atoms with Crippen molar-refractivity contribution in [2.24, 2.45) is 5.73 Å². The third kappa shape index (κ3) is 6.92. The first-order chi connectivity index (χ1) is 18.2. The van der Waals surface area contributed by atoms with Crippen LogP contribution in [0, 0.1) is 0 Å². The lowest BCUT2D eigenvalue weighted by Crippen LogP contribution is -2.22. The van der Waals surface area contributed by atoms with E-state index in [2.05, 4.69) is 20.8 Å². The zero-order valence-electron chi connectivity index (χ0n) is 19.8. The van der Waals surface area contributed by atoms with Gasteiger partial charge in [-0.3, -0.25) is 10.1 Å². The van der Waals surface area contributed by atoms with Gasteiger partial charge in [0.15, 0.2) is 11.6 Å². The van der Waals surface area contributed by atoms with Gasteiger partial charge in [0.2, 0.25) is 0 Å². The molecule has 0 saturated heterocycles. The average Bonchev–Trinajstić information content (AvgIpc) is 2.90. The van der Waals surface area contributed by atoms with Gasteiger partial charge in [0.1, 0.15) is 0 Å². The van der Waals surface area contributed by atoms with Gasteiger partial charge in [0.25, 0.3) is 0 Å². The van der Waals surface area contributed by atoms with E-state index in [0.29, 0.717) is 5.69 Å². The van der Waals surface area contributed by atoms with Crippen LogP contribution in [-0.4, -0.2) is 22.2 Å². The number of benzene rings is 3. The molecule has 0 aliphatic rings. The predicted molar refractivity (Wildman–Crippen MR) is 135 cm³/mol. The fourth-order valence-corrected chi connectivity index (χ4v) is 3.50. The minimum Gasteiger partial charge on any atom is -0.424 e. The maximum absolute atomic E-state index is 13.0. The number of rotatable bonds is 7. The van der Waals surface area contributed by atoms with Crippen LogP contribution in [0.3, 0.4) is 0 Å². The summed E-state index contributed by atoms with van der Waals surface area (Å²) in [7, 11) is 0. The molecule has 38 heavy (non-hydrogen) atoms. The van der Waals surface area contributed by atoms with Crippen molar-refractivity contribution >= 4 is 23.5 Å². The van der Waals surface area contributed by atoms with E-state index in [1.807, 2.05) is 30.3 Å². The molecule has 0 aliphatic heterocycles. The van der Waals surface area contributed by atoms with Crippen molar-refractivity contribution < 1.29 is 27.5 Å². The summed E-state index contributed by atoms with van der Waals surface area (Å²) in [4.78, 5) is 25.0. The molecule has 0 spiro atoms. The number of halogens is 3. The number of amides is 2. The number of anilines is 2. The van der Waals surface area contributed by atoms with Crippen LogP contribution in [0.15, 0.2) is 91.0 Å². The highest BCUT2D eigenvalue weighted by Crippen LogP contribution is 2.31. The smallest absolute Gasteiger partial charge is 0.416 e. The molecule has 11 heteroatoms. The van der Waals surface area contributed by atoms with E-state index < -0.39 is 29.8 Å². The van der Waals surface area contributed by atoms with Crippen LogP contribution < -0.4 is 21.1 Å². The monoisotopic (exact) mass is 521 g/mol. The Balaban J connectivity index is 1.36. The van der Waals surface area contributed by atoms with Gasteiger partial charge >= 0.3 is 18.2 Å². The number of hydrogen-bond acceptors (Lipinski definition) is 6. The third-order valence-electron chi connectivity index (χ3n) is 5.36. The summed E-state index contributed by atoms with van der Waals surface area (Å²) < 4.78 is 44.3. The Morgan fingerprint density at radius 1 is 0.868 bits per heavy atom. The summed E-state index contributed by atoms with van der Waals surface area (Å²) in [6.07, 6.45) is -4.91. The Kier molecular flexibility index (Phi) is 7.97. The number of esters is 1. The Morgan fingerprint density at radius 3 is 2.32 bits per heavy atom. The molecule has 0 radical (unpaired) electrons. The van der Waals surface area contributed by atoms with Gasteiger partial charge < -0.3 is 15.8 Å². The van der Waals surface area contributed by atoms with E-state index in [9.17, 15) is 22.8 Å². The molecule has 0 aliphatic carbocycles. The summed E-state index contributed by atoms with van der Waals surface area (Å²) >= 11 is 0. The van der Waals surface area contributed by atoms with Gasteiger partial charge in [-0.2, -0.15) is 13.2 Å². The number of nitrogens with zero attached hydrogens (tertiary/aromatic N) is 2. The Labute approximate surface area is 215 Å². The molecule has 1 atom stereocenters. The fourth-order valence-electron chi connectivity index (χ4n) is 3.50. The zero-order valence-corrected chi connectivity index (χ0v) is 19.8. The van der Waals surface area contributed by atoms with E-state index >= 15 is 0 Å². The number of carbonyl (C=O) groups is 2. The molecule has 1 heterocycles. The van der Waals surface area contributed by atoms with Crippen LogP contribution >= 0.6 is 0 Å². The topological polar surface area (TPSA) is 119 Å². The number of nitrogens with one attached hydrogen (secondary N) is 2. The third-order valence-corrected chi connectivity index (χ3v) is 5.36. The normalized spacial score (nSPS) is 11.9. The van der Waals surface area contributed by atoms with Crippen molar-refractivity contribution in [1.29, 1.82) is 0 Å².